The van der Waals surface area contributed by atoms with Crippen LogP contribution in [0.3, 0.4) is 0 Å². The number of carbonyl (C=O) groups is 1. The van der Waals surface area contributed by atoms with E-state index < -0.39 is 5.82 Å². The van der Waals surface area contributed by atoms with E-state index in [4.69, 9.17) is 0 Å². The van der Waals surface area contributed by atoms with Gasteiger partial charge in [-0.15, -0.1) is 0 Å². The van der Waals surface area contributed by atoms with Crippen LogP contribution >= 0.6 is 15.9 Å². The Hall–Kier alpha value is -0.900. The highest BCUT2D eigenvalue weighted by molar-refractivity contribution is 9.10. The van der Waals surface area contributed by atoms with Gasteiger partial charge >= 0.3 is 0 Å². The molecule has 0 unspecified atom stereocenters. The van der Waals surface area contributed by atoms with Gasteiger partial charge in [0.2, 0.25) is 0 Å². The first-order valence-corrected chi connectivity index (χ1v) is 5.06. The highest BCUT2D eigenvalue weighted by Gasteiger charge is 2.17. The molecule has 0 N–H and O–H groups in total. The molecular weight excluding hydrogens is 249 g/mol. The molecule has 1 aromatic rings. The van der Waals surface area contributed by atoms with Crippen LogP contribution in [0.15, 0.2) is 22.7 Å². The van der Waals surface area contributed by atoms with Gasteiger partial charge in [-0.25, -0.2) is 4.39 Å². The molecule has 0 aliphatic carbocycles. The Balaban J connectivity index is 3.12. The minimum Gasteiger partial charge on any atom is -0.342 e. The Bertz CT molecular complexity index is 334. The fourth-order valence-electron chi connectivity index (χ4n) is 1.04. The van der Waals surface area contributed by atoms with Gasteiger partial charge in [0.15, 0.2) is 0 Å². The summed E-state index contributed by atoms with van der Waals surface area (Å²) >= 11 is 3.16. The number of carbonyl (C=O) groups excluding carboxylic acids is 1. The van der Waals surface area contributed by atoms with E-state index in [9.17, 15) is 9.18 Å². The second-order valence-electron chi connectivity index (χ2n) is 2.92. The van der Waals surface area contributed by atoms with E-state index in [2.05, 4.69) is 15.9 Å². The Morgan fingerprint density at radius 2 is 2.21 bits per heavy atom. The maximum atomic E-state index is 13.3. The SMILES string of the molecule is CCN(C)C(=O)c1c(F)cccc1Br. The monoisotopic (exact) mass is 259 g/mol. The smallest absolute Gasteiger partial charge is 0.257 e. The topological polar surface area (TPSA) is 20.3 Å². The Labute approximate surface area is 90.8 Å². The summed E-state index contributed by atoms with van der Waals surface area (Å²) in [5.74, 6) is -0.804. The molecule has 4 heteroatoms. The zero-order valence-electron chi connectivity index (χ0n) is 8.05. The van der Waals surface area contributed by atoms with Crippen molar-refractivity contribution in [3.63, 3.8) is 0 Å². The van der Waals surface area contributed by atoms with Crippen molar-refractivity contribution in [2.75, 3.05) is 13.6 Å². The van der Waals surface area contributed by atoms with Gasteiger partial charge in [0.05, 0.1) is 5.56 Å². The highest BCUT2D eigenvalue weighted by Crippen LogP contribution is 2.20. The maximum Gasteiger partial charge on any atom is 0.257 e. The standard InChI is InChI=1S/C10H11BrFNO/c1-3-13(2)10(14)9-7(11)5-4-6-8(9)12/h4-6H,3H2,1-2H3. The van der Waals surface area contributed by atoms with Gasteiger partial charge in [0, 0.05) is 18.1 Å². The Kier molecular flexibility index (Phi) is 3.63. The summed E-state index contributed by atoms with van der Waals surface area (Å²) in [6, 6.07) is 4.49. The third-order valence-corrected chi connectivity index (χ3v) is 2.66. The lowest BCUT2D eigenvalue weighted by atomic mass is 10.2. The van der Waals surface area contributed by atoms with Crippen LogP contribution in [0.5, 0.6) is 0 Å². The summed E-state index contributed by atoms with van der Waals surface area (Å²) in [6.45, 7) is 2.40. The quantitative estimate of drug-likeness (QED) is 0.800. The first kappa shape index (κ1) is 11.2. The fourth-order valence-corrected chi connectivity index (χ4v) is 1.55. The number of rotatable bonds is 2. The van der Waals surface area contributed by atoms with Crippen LogP contribution in [0.1, 0.15) is 17.3 Å². The highest BCUT2D eigenvalue weighted by atomic mass is 79.9. The number of nitrogens with zero attached hydrogens (tertiary/aromatic N) is 1. The zero-order valence-corrected chi connectivity index (χ0v) is 9.64. The van der Waals surface area contributed by atoms with Crippen molar-refractivity contribution < 1.29 is 9.18 Å². The molecule has 1 aromatic carbocycles. The third kappa shape index (κ3) is 2.12. The second kappa shape index (κ2) is 4.55. The van der Waals surface area contributed by atoms with Crippen molar-refractivity contribution in [3.8, 4) is 0 Å². The number of hydrogen-bond acceptors (Lipinski definition) is 1. The van der Waals surface area contributed by atoms with Crippen molar-refractivity contribution in [2.45, 2.75) is 6.92 Å². The average Bonchev–Trinajstić information content (AvgIpc) is 2.16. The molecular formula is C10H11BrFNO. The summed E-state index contributed by atoms with van der Waals surface area (Å²) in [7, 11) is 1.64. The van der Waals surface area contributed by atoms with Crippen LogP contribution in [0.25, 0.3) is 0 Å². The molecule has 0 saturated heterocycles. The molecule has 0 saturated carbocycles. The third-order valence-electron chi connectivity index (χ3n) is 2.00. The van der Waals surface area contributed by atoms with E-state index in [0.717, 1.165) is 0 Å². The molecule has 0 spiro atoms. The number of amides is 1. The molecule has 0 aliphatic heterocycles. The number of hydrogen-bond donors (Lipinski definition) is 0. The maximum absolute atomic E-state index is 13.3. The van der Waals surface area contributed by atoms with Gasteiger partial charge in [-0.2, -0.15) is 0 Å². The van der Waals surface area contributed by atoms with E-state index in [0.29, 0.717) is 11.0 Å². The van der Waals surface area contributed by atoms with Crippen molar-refractivity contribution in [2.24, 2.45) is 0 Å². The van der Waals surface area contributed by atoms with Crippen molar-refractivity contribution in [1.82, 2.24) is 4.90 Å². The normalized spacial score (nSPS) is 10.0. The van der Waals surface area contributed by atoms with Crippen molar-refractivity contribution >= 4 is 21.8 Å². The van der Waals surface area contributed by atoms with Gasteiger partial charge < -0.3 is 4.90 Å². The molecule has 14 heavy (non-hydrogen) atoms. The fraction of sp³-hybridized carbons (Fsp3) is 0.300. The molecule has 1 amide bonds. The molecule has 0 aromatic heterocycles. The van der Waals surface area contributed by atoms with Crippen LogP contribution in [-0.4, -0.2) is 24.4 Å². The second-order valence-corrected chi connectivity index (χ2v) is 3.77. The Morgan fingerprint density at radius 3 is 2.71 bits per heavy atom. The molecule has 0 bridgehead atoms. The van der Waals surface area contributed by atoms with Crippen molar-refractivity contribution in [3.05, 3.63) is 34.1 Å². The lowest BCUT2D eigenvalue weighted by molar-refractivity contribution is 0.0797. The van der Waals surface area contributed by atoms with Crippen LogP contribution in [0.2, 0.25) is 0 Å². The van der Waals surface area contributed by atoms with Gasteiger partial charge in [0.25, 0.3) is 5.91 Å². The molecule has 0 fully saturated rings. The average molecular weight is 260 g/mol. The molecule has 2 nitrogen and oxygen atoms in total. The van der Waals surface area contributed by atoms with Gasteiger partial charge in [-0.3, -0.25) is 4.79 Å². The van der Waals surface area contributed by atoms with E-state index in [1.165, 1.54) is 11.0 Å². The van der Waals surface area contributed by atoms with Crippen LogP contribution < -0.4 is 0 Å². The molecule has 76 valence electrons. The van der Waals surface area contributed by atoms with Crippen molar-refractivity contribution in [1.29, 1.82) is 0 Å². The summed E-state index contributed by atoms with van der Waals surface area (Å²) in [5, 5.41) is 0. The van der Waals surface area contributed by atoms with Crippen LogP contribution in [-0.2, 0) is 0 Å². The van der Waals surface area contributed by atoms with Gasteiger partial charge in [-0.05, 0) is 35.0 Å². The number of benzene rings is 1. The molecule has 0 atom stereocenters. The predicted octanol–water partition coefficient (Wildman–Crippen LogP) is 2.68. The lowest BCUT2D eigenvalue weighted by Crippen LogP contribution is -2.27. The zero-order chi connectivity index (χ0) is 10.7. The van der Waals surface area contributed by atoms with E-state index in [1.807, 2.05) is 6.92 Å². The van der Waals surface area contributed by atoms with E-state index >= 15 is 0 Å². The minimum atomic E-state index is -0.496. The van der Waals surface area contributed by atoms with E-state index in [-0.39, 0.29) is 11.5 Å². The van der Waals surface area contributed by atoms with Gasteiger partial charge in [-0.1, -0.05) is 6.07 Å². The Morgan fingerprint density at radius 1 is 1.57 bits per heavy atom. The molecule has 0 aliphatic rings. The van der Waals surface area contributed by atoms with Crippen LogP contribution in [0.4, 0.5) is 4.39 Å². The number of halogens is 2. The molecule has 0 heterocycles. The lowest BCUT2D eigenvalue weighted by Gasteiger charge is -2.15. The summed E-state index contributed by atoms with van der Waals surface area (Å²) < 4.78 is 13.8. The van der Waals surface area contributed by atoms with Crippen LogP contribution in [0, 0.1) is 5.82 Å². The van der Waals surface area contributed by atoms with Gasteiger partial charge in [0.1, 0.15) is 5.82 Å². The first-order valence-electron chi connectivity index (χ1n) is 4.27. The molecule has 1 rings (SSSR count). The predicted molar refractivity (Wildman–Crippen MR) is 56.7 cm³/mol. The van der Waals surface area contributed by atoms with E-state index in [1.54, 1.807) is 19.2 Å². The first-order chi connectivity index (χ1) is 6.57. The summed E-state index contributed by atoms with van der Waals surface area (Å²) in [4.78, 5) is 13.1. The largest absolute Gasteiger partial charge is 0.342 e. The minimum absolute atomic E-state index is 0.0943. The summed E-state index contributed by atoms with van der Waals surface area (Å²) in [5.41, 5.74) is 0.0943. The molecule has 0 radical (unpaired) electrons. The summed E-state index contributed by atoms with van der Waals surface area (Å²) in [6.07, 6.45) is 0.